The average molecular weight is 322 g/mol. The maximum absolute atomic E-state index is 13.9. The summed E-state index contributed by atoms with van der Waals surface area (Å²) in [5.41, 5.74) is 0.806. The molecule has 0 fully saturated rings. The van der Waals surface area contributed by atoms with E-state index in [1.54, 1.807) is 14.2 Å². The maximum atomic E-state index is 13.9. The molecule has 1 atom stereocenters. The molecule has 2 aromatic rings. The molecule has 0 N–H and O–H groups in total. The fraction of sp³-hybridized carbons (Fsp3) is 0.235. The highest BCUT2D eigenvalue weighted by Gasteiger charge is 2.23. The molecular weight excluding hydrogens is 305 g/mol. The van der Waals surface area contributed by atoms with Gasteiger partial charge in [0.15, 0.2) is 0 Å². The lowest BCUT2D eigenvalue weighted by molar-refractivity contribution is 0.0736. The molecule has 1 amide bonds. The van der Waals surface area contributed by atoms with Crippen molar-refractivity contribution >= 4 is 17.5 Å². The second-order valence-electron chi connectivity index (χ2n) is 4.96. The van der Waals surface area contributed by atoms with Gasteiger partial charge < -0.3 is 9.64 Å². The molecule has 0 aliphatic rings. The lowest BCUT2D eigenvalue weighted by atomic mass is 10.0. The average Bonchev–Trinajstić information content (AvgIpc) is 2.55. The van der Waals surface area contributed by atoms with Crippen molar-refractivity contribution in [1.29, 1.82) is 0 Å². The lowest BCUT2D eigenvalue weighted by Gasteiger charge is -2.26. The van der Waals surface area contributed by atoms with Crippen LogP contribution in [0.15, 0.2) is 42.5 Å². The van der Waals surface area contributed by atoms with Crippen LogP contribution < -0.4 is 4.74 Å². The molecule has 0 bridgehead atoms. The summed E-state index contributed by atoms with van der Waals surface area (Å²) in [5, 5.41) is 0.322. The fourth-order valence-electron chi connectivity index (χ4n) is 2.25. The Labute approximate surface area is 134 Å². The second-order valence-corrected chi connectivity index (χ2v) is 5.39. The molecule has 0 aliphatic carbocycles. The summed E-state index contributed by atoms with van der Waals surface area (Å²) in [6.45, 7) is 1.86. The molecule has 1 unspecified atom stereocenters. The fourth-order valence-corrected chi connectivity index (χ4v) is 2.42. The van der Waals surface area contributed by atoms with Gasteiger partial charge in [-0.2, -0.15) is 0 Å². The summed E-state index contributed by atoms with van der Waals surface area (Å²) in [6, 6.07) is 11.1. The van der Waals surface area contributed by atoms with Crippen LogP contribution in [0.1, 0.15) is 28.9 Å². The Hall–Kier alpha value is -2.07. The van der Waals surface area contributed by atoms with Crippen molar-refractivity contribution in [3.63, 3.8) is 0 Å². The SMILES string of the molecule is COc1ccccc1C(C)N(C)C(=O)c1cc(Cl)ccc1F. The predicted molar refractivity (Wildman–Crippen MR) is 84.9 cm³/mol. The molecule has 0 radical (unpaired) electrons. The monoisotopic (exact) mass is 321 g/mol. The molecule has 2 rings (SSSR count). The van der Waals surface area contributed by atoms with E-state index >= 15 is 0 Å². The summed E-state index contributed by atoms with van der Waals surface area (Å²) in [7, 11) is 3.20. The number of benzene rings is 2. The molecule has 2 aromatic carbocycles. The van der Waals surface area contributed by atoms with E-state index in [4.69, 9.17) is 16.3 Å². The number of rotatable bonds is 4. The normalized spacial score (nSPS) is 11.9. The number of nitrogens with zero attached hydrogens (tertiary/aromatic N) is 1. The van der Waals surface area contributed by atoms with Gasteiger partial charge in [0.05, 0.1) is 18.7 Å². The van der Waals surface area contributed by atoms with E-state index in [1.807, 2.05) is 31.2 Å². The van der Waals surface area contributed by atoms with Gasteiger partial charge in [-0.1, -0.05) is 29.8 Å². The molecule has 22 heavy (non-hydrogen) atoms. The number of methoxy groups -OCH3 is 1. The van der Waals surface area contributed by atoms with Gasteiger partial charge in [0, 0.05) is 17.6 Å². The summed E-state index contributed by atoms with van der Waals surface area (Å²) in [4.78, 5) is 14.0. The van der Waals surface area contributed by atoms with E-state index in [2.05, 4.69) is 0 Å². The van der Waals surface area contributed by atoms with Crippen molar-refractivity contribution in [2.24, 2.45) is 0 Å². The van der Waals surface area contributed by atoms with Crippen LogP contribution in [0.4, 0.5) is 4.39 Å². The molecule has 0 saturated heterocycles. The van der Waals surface area contributed by atoms with Gasteiger partial charge in [-0.05, 0) is 31.2 Å². The number of ether oxygens (including phenoxy) is 1. The van der Waals surface area contributed by atoms with Crippen molar-refractivity contribution in [1.82, 2.24) is 4.90 Å². The molecule has 0 aromatic heterocycles. The van der Waals surface area contributed by atoms with Crippen molar-refractivity contribution in [2.45, 2.75) is 13.0 Å². The first-order valence-corrected chi connectivity index (χ1v) is 7.18. The molecule has 116 valence electrons. The van der Waals surface area contributed by atoms with Crippen LogP contribution in [0.2, 0.25) is 5.02 Å². The Bertz CT molecular complexity index is 690. The van der Waals surface area contributed by atoms with Crippen LogP contribution in [-0.2, 0) is 0 Å². The molecule has 5 heteroatoms. The van der Waals surface area contributed by atoms with Gasteiger partial charge in [0.1, 0.15) is 11.6 Å². The van der Waals surface area contributed by atoms with Gasteiger partial charge >= 0.3 is 0 Å². The van der Waals surface area contributed by atoms with Crippen molar-refractivity contribution in [3.05, 3.63) is 64.4 Å². The Morgan fingerprint density at radius 3 is 2.64 bits per heavy atom. The van der Waals surface area contributed by atoms with Crippen LogP contribution in [0.3, 0.4) is 0 Å². The smallest absolute Gasteiger partial charge is 0.257 e. The molecule has 0 aliphatic heterocycles. The Morgan fingerprint density at radius 2 is 1.95 bits per heavy atom. The first kappa shape index (κ1) is 16.3. The van der Waals surface area contributed by atoms with Crippen molar-refractivity contribution in [2.75, 3.05) is 14.2 Å². The molecule has 3 nitrogen and oxygen atoms in total. The zero-order chi connectivity index (χ0) is 16.3. The zero-order valence-electron chi connectivity index (χ0n) is 12.6. The third-order valence-corrected chi connectivity index (χ3v) is 3.88. The maximum Gasteiger partial charge on any atom is 0.257 e. The molecule has 0 saturated carbocycles. The number of hydrogen-bond acceptors (Lipinski definition) is 2. The number of carbonyl (C=O) groups is 1. The number of hydrogen-bond donors (Lipinski definition) is 0. The van der Waals surface area contributed by atoms with E-state index in [9.17, 15) is 9.18 Å². The number of carbonyl (C=O) groups excluding carboxylic acids is 1. The molecular formula is C17H17ClFNO2. The van der Waals surface area contributed by atoms with Crippen molar-refractivity contribution in [3.8, 4) is 5.75 Å². The van der Waals surface area contributed by atoms with E-state index < -0.39 is 11.7 Å². The van der Waals surface area contributed by atoms with E-state index in [-0.39, 0.29) is 11.6 Å². The second kappa shape index (κ2) is 6.79. The summed E-state index contributed by atoms with van der Waals surface area (Å²) in [6.07, 6.45) is 0. The third-order valence-electron chi connectivity index (χ3n) is 3.65. The highest BCUT2D eigenvalue weighted by atomic mass is 35.5. The predicted octanol–water partition coefficient (Wildman–Crippen LogP) is 4.32. The standard InChI is InChI=1S/C17H17ClFNO2/c1-11(13-6-4-5-7-16(13)22-3)20(2)17(21)14-10-12(18)8-9-15(14)19/h4-11H,1-3H3. The number of amides is 1. The largest absolute Gasteiger partial charge is 0.496 e. The quantitative estimate of drug-likeness (QED) is 0.839. The van der Waals surface area contributed by atoms with Crippen LogP contribution in [0.25, 0.3) is 0 Å². The minimum absolute atomic E-state index is 0.0447. The van der Waals surface area contributed by atoms with Crippen LogP contribution in [0.5, 0.6) is 5.75 Å². The minimum atomic E-state index is -0.589. The van der Waals surface area contributed by atoms with E-state index in [0.29, 0.717) is 10.8 Å². The van der Waals surface area contributed by atoms with Gasteiger partial charge in [0.25, 0.3) is 5.91 Å². The summed E-state index contributed by atoms with van der Waals surface area (Å²) >= 11 is 5.85. The van der Waals surface area contributed by atoms with Crippen molar-refractivity contribution < 1.29 is 13.9 Å². The molecule has 0 spiro atoms. The van der Waals surface area contributed by atoms with Crippen LogP contribution >= 0.6 is 11.6 Å². The lowest BCUT2D eigenvalue weighted by Crippen LogP contribution is -2.30. The topological polar surface area (TPSA) is 29.5 Å². The highest BCUT2D eigenvalue weighted by Crippen LogP contribution is 2.29. The Balaban J connectivity index is 2.32. The summed E-state index contributed by atoms with van der Waals surface area (Å²) < 4.78 is 19.2. The number of halogens is 2. The Morgan fingerprint density at radius 1 is 1.27 bits per heavy atom. The first-order chi connectivity index (χ1) is 10.5. The first-order valence-electron chi connectivity index (χ1n) is 6.80. The van der Waals surface area contributed by atoms with E-state index in [0.717, 1.165) is 5.56 Å². The van der Waals surface area contributed by atoms with Gasteiger partial charge in [0.2, 0.25) is 0 Å². The minimum Gasteiger partial charge on any atom is -0.496 e. The third kappa shape index (κ3) is 3.22. The van der Waals surface area contributed by atoms with Crippen LogP contribution in [0, 0.1) is 5.82 Å². The van der Waals surface area contributed by atoms with Gasteiger partial charge in [-0.15, -0.1) is 0 Å². The number of para-hydroxylation sites is 1. The highest BCUT2D eigenvalue weighted by molar-refractivity contribution is 6.31. The van der Waals surface area contributed by atoms with Gasteiger partial charge in [-0.3, -0.25) is 4.79 Å². The van der Waals surface area contributed by atoms with E-state index in [1.165, 1.54) is 23.1 Å². The van der Waals surface area contributed by atoms with Crippen LogP contribution in [-0.4, -0.2) is 25.0 Å². The summed E-state index contributed by atoms with van der Waals surface area (Å²) in [5.74, 6) is -0.340. The molecule has 0 heterocycles. The Kier molecular flexibility index (Phi) is 5.03. The van der Waals surface area contributed by atoms with Gasteiger partial charge in [-0.25, -0.2) is 4.39 Å². The zero-order valence-corrected chi connectivity index (χ0v) is 13.4.